The first-order valence-electron chi connectivity index (χ1n) is 4.56. The molecule has 0 saturated carbocycles. The topological polar surface area (TPSA) is 403 Å². The van der Waals surface area contributed by atoms with E-state index < -0.39 is 43.1 Å². The van der Waals surface area contributed by atoms with Gasteiger partial charge in [0, 0.05) is 0 Å². The predicted octanol–water partition coefficient (Wildman–Crippen LogP) is -15.7. The molecule has 0 aromatic rings. The quantitative estimate of drug-likeness (QED) is 0.119. The van der Waals surface area contributed by atoms with Crippen molar-refractivity contribution in [1.82, 2.24) is 0 Å². The summed E-state index contributed by atoms with van der Waals surface area (Å²) >= 11 is 0. The van der Waals surface area contributed by atoms with Crippen LogP contribution in [0.4, 0.5) is 33.6 Å². The average molecular weight is 578 g/mol. The van der Waals surface area contributed by atoms with Crippen molar-refractivity contribution in [2.45, 2.75) is 0 Å². The Balaban J connectivity index is -0.00000000721. The van der Waals surface area contributed by atoms with Gasteiger partial charge in [0.25, 0.3) is 0 Å². The van der Waals surface area contributed by atoms with Crippen LogP contribution in [-0.4, -0.2) is 115 Å². The van der Waals surface area contributed by atoms with E-state index in [0.717, 1.165) is 0 Å². The molecule has 0 rings (SSSR count). The van der Waals surface area contributed by atoms with E-state index in [-0.39, 0.29) is 186 Å². The van der Waals surface area contributed by atoms with Gasteiger partial charge in [0.15, 0.2) is 0 Å². The van der Waals surface area contributed by atoms with Crippen LogP contribution >= 0.6 is 0 Å². The Labute approximate surface area is 329 Å². The molecule has 0 aliphatic carbocycles. The van der Waals surface area contributed by atoms with E-state index in [1.807, 2.05) is 0 Å². The summed E-state index contributed by atoms with van der Waals surface area (Å²) in [5.41, 5.74) is 0. The van der Waals surface area contributed by atoms with Crippen LogP contribution in [0.2, 0.25) is 0 Å². The van der Waals surface area contributed by atoms with Gasteiger partial charge in [-0.2, -0.15) is 0 Å². The minimum absolute atomic E-state index is 0. The minimum Gasteiger partial charge on any atom is -1.00 e. The zero-order chi connectivity index (χ0) is 25.0. The molecule has 14 N–H and O–H groups in total. The van der Waals surface area contributed by atoms with Gasteiger partial charge < -0.3 is 80.1 Å². The monoisotopic (exact) mass is 578 g/mol. The molecule has 0 unspecified atom stereocenters. The molecule has 0 radical (unpaired) electrons. The zero-order valence-electron chi connectivity index (χ0n) is 24.6. The first-order chi connectivity index (χ1) is 12.1. The van der Waals surface area contributed by atoms with Crippen LogP contribution in [0.25, 0.3) is 0 Å². The van der Waals surface area contributed by atoms with Crippen molar-refractivity contribution >= 4 is 43.1 Å². The van der Waals surface area contributed by atoms with Crippen LogP contribution in [0.1, 0.15) is 8.56 Å². The van der Waals surface area contributed by atoms with E-state index in [1.54, 1.807) is 0 Å². The zero-order valence-corrected chi connectivity index (χ0v) is 30.6. The summed E-state index contributed by atoms with van der Waals surface area (Å²) in [4.78, 5) is 59.9. The van der Waals surface area contributed by atoms with Crippen LogP contribution < -0.4 is 177 Å². The van der Waals surface area contributed by atoms with Crippen molar-refractivity contribution in [2.24, 2.45) is 0 Å². The predicted molar refractivity (Wildman–Crippen MR) is 81.2 cm³/mol. The first-order valence-corrected chi connectivity index (χ1v) is 4.56. The number of hydrogen-bond donors (Lipinski definition) is 14. The van der Waals surface area contributed by atoms with E-state index in [0.29, 0.717) is 0 Å². The fraction of sp³-hybridized carbons (Fsp3) is 0. The molecule has 0 aromatic carbocycles. The molecular weight excluding hydrogens is 558 g/mol. The standard InChI is InChI=1S/7CH2O3.6Na.6H/c7*2-1(3)4;;;;;;;;;;;;/h7*(H2,2,3,4);;;;;;;;;;;;/q;;;;;;;6*+1;6*-1. The summed E-state index contributed by atoms with van der Waals surface area (Å²) in [5.74, 6) is 0. The maximum absolute atomic E-state index is 8.56. The number of rotatable bonds is 0. The number of carbonyl (C=O) groups is 7. The minimum atomic E-state index is -1.83. The van der Waals surface area contributed by atoms with Crippen LogP contribution in [0, 0.1) is 0 Å². The molecular formula is C7H20Na6O21. The van der Waals surface area contributed by atoms with Crippen molar-refractivity contribution in [1.29, 1.82) is 0 Å². The fourth-order valence-corrected chi connectivity index (χ4v) is 0. The van der Waals surface area contributed by atoms with Gasteiger partial charge >= 0.3 is 220 Å². The maximum Gasteiger partial charge on any atom is 1.00 e. The first kappa shape index (κ1) is 83.6. The summed E-state index contributed by atoms with van der Waals surface area (Å²) in [6, 6.07) is 0. The van der Waals surface area contributed by atoms with Gasteiger partial charge in [0.05, 0.1) is 0 Å². The van der Waals surface area contributed by atoms with Gasteiger partial charge in [-0.25, -0.2) is 33.6 Å². The summed E-state index contributed by atoms with van der Waals surface area (Å²) in [7, 11) is 0. The Bertz CT molecular complexity index is 349. The van der Waals surface area contributed by atoms with Gasteiger partial charge in [-0.1, -0.05) is 0 Å². The molecule has 0 aliphatic rings. The van der Waals surface area contributed by atoms with Crippen LogP contribution in [0.5, 0.6) is 0 Å². The molecule has 34 heavy (non-hydrogen) atoms. The van der Waals surface area contributed by atoms with Crippen molar-refractivity contribution in [3.8, 4) is 0 Å². The van der Waals surface area contributed by atoms with E-state index in [9.17, 15) is 0 Å². The molecule has 27 heteroatoms. The second kappa shape index (κ2) is 76.5. The van der Waals surface area contributed by atoms with Crippen molar-refractivity contribution in [3.05, 3.63) is 0 Å². The Hall–Kier alpha value is 0.890. The Morgan fingerprint density at radius 1 is 0.235 bits per heavy atom. The van der Waals surface area contributed by atoms with Gasteiger partial charge in [-0.15, -0.1) is 0 Å². The molecule has 0 spiro atoms. The Morgan fingerprint density at radius 3 is 0.235 bits per heavy atom. The van der Waals surface area contributed by atoms with Crippen LogP contribution in [0.3, 0.4) is 0 Å². The molecule has 0 aromatic heterocycles. The molecule has 0 heterocycles. The van der Waals surface area contributed by atoms with Gasteiger partial charge in [-0.05, 0) is 0 Å². The maximum atomic E-state index is 8.56. The third-order valence-electron chi connectivity index (χ3n) is 0. The SMILES string of the molecule is O=C(O)O.O=C(O)O.O=C(O)O.O=C(O)O.O=C(O)O.O=C(O)O.O=C(O)O.[H-].[H-].[H-].[H-].[H-].[H-].[Na+].[Na+].[Na+].[Na+].[Na+].[Na+]. The van der Waals surface area contributed by atoms with Gasteiger partial charge in [0.1, 0.15) is 0 Å². The summed E-state index contributed by atoms with van der Waals surface area (Å²) in [5, 5.41) is 97.6. The third-order valence-corrected chi connectivity index (χ3v) is 0. The van der Waals surface area contributed by atoms with Gasteiger partial charge in [-0.3, -0.25) is 0 Å². The average Bonchev–Trinajstić information content (AvgIpc) is 2.20. The number of hydrogen-bond acceptors (Lipinski definition) is 7. The van der Waals surface area contributed by atoms with Crippen molar-refractivity contribution in [3.63, 3.8) is 0 Å². The Morgan fingerprint density at radius 2 is 0.235 bits per heavy atom. The number of carboxylic acid groups (broad SMARTS) is 14. The van der Waals surface area contributed by atoms with E-state index in [4.69, 9.17) is 105 Å². The molecule has 0 saturated heterocycles. The van der Waals surface area contributed by atoms with Crippen molar-refractivity contribution < 1.29 is 291 Å². The second-order valence-corrected chi connectivity index (χ2v) is 1.98. The summed E-state index contributed by atoms with van der Waals surface area (Å²) in [6.07, 6.45) is -12.8. The third kappa shape index (κ3) is 42200. The van der Waals surface area contributed by atoms with Crippen LogP contribution in [-0.2, 0) is 0 Å². The molecule has 0 aliphatic heterocycles. The van der Waals surface area contributed by atoms with Crippen LogP contribution in [0.15, 0.2) is 0 Å². The van der Waals surface area contributed by atoms with E-state index >= 15 is 0 Å². The fourth-order valence-electron chi connectivity index (χ4n) is 0. The molecule has 0 amide bonds. The molecule has 0 bridgehead atoms. The molecule has 0 atom stereocenters. The van der Waals surface area contributed by atoms with E-state index in [1.165, 1.54) is 0 Å². The van der Waals surface area contributed by atoms with Gasteiger partial charge in [0.2, 0.25) is 0 Å². The summed E-state index contributed by atoms with van der Waals surface area (Å²) in [6.45, 7) is 0. The smallest absolute Gasteiger partial charge is 1.00 e. The molecule has 0 fully saturated rings. The second-order valence-electron chi connectivity index (χ2n) is 1.98. The molecule has 21 nitrogen and oxygen atoms in total. The van der Waals surface area contributed by atoms with E-state index in [2.05, 4.69) is 0 Å². The largest absolute Gasteiger partial charge is 1.00 e. The summed E-state index contributed by atoms with van der Waals surface area (Å²) < 4.78 is 0. The molecule has 180 valence electrons. The normalized spacial score (nSPS) is 4.94. The Kier molecular flexibility index (Phi) is 188. The van der Waals surface area contributed by atoms with Crippen molar-refractivity contribution in [2.75, 3.05) is 0 Å².